The SMILES string of the molecule is C=CCOC(=O)NC(C)c1nc(C)c(C(=O)O)o1. The number of carbonyl (C=O) groups excluding carboxylic acids is 1. The average Bonchev–Trinajstić information content (AvgIpc) is 2.68. The molecule has 0 aliphatic heterocycles. The molecule has 0 aliphatic carbocycles. The van der Waals surface area contributed by atoms with Crippen LogP contribution in [0, 0.1) is 6.92 Å². The van der Waals surface area contributed by atoms with E-state index < -0.39 is 18.1 Å². The number of oxazole rings is 1. The zero-order valence-corrected chi connectivity index (χ0v) is 10.1. The second-order valence-corrected chi connectivity index (χ2v) is 3.52. The second-order valence-electron chi connectivity index (χ2n) is 3.52. The van der Waals surface area contributed by atoms with E-state index in [-0.39, 0.29) is 24.0 Å². The van der Waals surface area contributed by atoms with E-state index in [2.05, 4.69) is 16.9 Å². The highest BCUT2D eigenvalue weighted by Gasteiger charge is 2.21. The van der Waals surface area contributed by atoms with Crippen molar-refractivity contribution in [1.82, 2.24) is 10.3 Å². The third-order valence-corrected chi connectivity index (χ3v) is 2.04. The van der Waals surface area contributed by atoms with Crippen molar-refractivity contribution < 1.29 is 23.8 Å². The maximum Gasteiger partial charge on any atom is 0.408 e. The third kappa shape index (κ3) is 3.34. The molecule has 1 aromatic heterocycles. The number of aryl methyl sites for hydroxylation is 1. The van der Waals surface area contributed by atoms with Crippen molar-refractivity contribution in [3.63, 3.8) is 0 Å². The zero-order valence-electron chi connectivity index (χ0n) is 10.1. The second kappa shape index (κ2) is 5.85. The molecule has 1 unspecified atom stereocenters. The van der Waals surface area contributed by atoms with Crippen LogP contribution in [-0.4, -0.2) is 28.8 Å². The number of rotatable bonds is 5. The van der Waals surface area contributed by atoms with Gasteiger partial charge < -0.3 is 19.6 Å². The molecule has 0 saturated carbocycles. The Morgan fingerprint density at radius 3 is 2.83 bits per heavy atom. The average molecular weight is 254 g/mol. The molecule has 1 rings (SSSR count). The van der Waals surface area contributed by atoms with Crippen molar-refractivity contribution in [2.75, 3.05) is 6.61 Å². The maximum atomic E-state index is 11.2. The zero-order chi connectivity index (χ0) is 13.7. The number of alkyl carbamates (subject to hydrolysis) is 1. The van der Waals surface area contributed by atoms with Crippen LogP contribution in [0.1, 0.15) is 35.1 Å². The van der Waals surface area contributed by atoms with Gasteiger partial charge >= 0.3 is 12.1 Å². The molecule has 18 heavy (non-hydrogen) atoms. The Morgan fingerprint density at radius 2 is 2.33 bits per heavy atom. The quantitative estimate of drug-likeness (QED) is 0.775. The highest BCUT2D eigenvalue weighted by Crippen LogP contribution is 2.16. The summed E-state index contributed by atoms with van der Waals surface area (Å²) >= 11 is 0. The van der Waals surface area contributed by atoms with E-state index in [0.29, 0.717) is 0 Å². The Balaban J connectivity index is 2.69. The van der Waals surface area contributed by atoms with Crippen molar-refractivity contribution >= 4 is 12.1 Å². The molecule has 1 amide bonds. The van der Waals surface area contributed by atoms with Gasteiger partial charge in [0.05, 0.1) is 5.69 Å². The lowest BCUT2D eigenvalue weighted by Crippen LogP contribution is -2.27. The summed E-state index contributed by atoms with van der Waals surface area (Å²) in [5.74, 6) is -1.33. The van der Waals surface area contributed by atoms with Gasteiger partial charge in [0.15, 0.2) is 0 Å². The van der Waals surface area contributed by atoms with Gasteiger partial charge in [-0.05, 0) is 13.8 Å². The van der Waals surface area contributed by atoms with E-state index in [1.165, 1.54) is 13.0 Å². The number of aromatic carboxylic acids is 1. The number of hydrogen-bond donors (Lipinski definition) is 2. The molecule has 0 aliphatic rings. The summed E-state index contributed by atoms with van der Waals surface area (Å²) in [6.07, 6.45) is 0.775. The standard InChI is InChI=1S/C11H14N2O5/c1-4-5-17-11(16)13-7(3)9-12-6(2)8(18-9)10(14)15/h4,7H,1,5H2,2-3H3,(H,13,16)(H,14,15). The Labute approximate surface area is 103 Å². The number of nitrogens with one attached hydrogen (secondary N) is 1. The number of carbonyl (C=O) groups is 2. The Kier molecular flexibility index (Phi) is 4.47. The fourth-order valence-corrected chi connectivity index (χ4v) is 1.22. The highest BCUT2D eigenvalue weighted by atomic mass is 16.5. The van der Waals surface area contributed by atoms with E-state index in [9.17, 15) is 9.59 Å². The van der Waals surface area contributed by atoms with Gasteiger partial charge in [0.25, 0.3) is 0 Å². The van der Waals surface area contributed by atoms with E-state index in [4.69, 9.17) is 14.3 Å². The van der Waals surface area contributed by atoms with Crippen LogP contribution in [-0.2, 0) is 4.74 Å². The van der Waals surface area contributed by atoms with Crippen molar-refractivity contribution in [3.8, 4) is 0 Å². The molecule has 0 aromatic carbocycles. The number of hydrogen-bond acceptors (Lipinski definition) is 5. The summed E-state index contributed by atoms with van der Waals surface area (Å²) in [4.78, 5) is 25.9. The van der Waals surface area contributed by atoms with Crippen LogP contribution >= 0.6 is 0 Å². The predicted molar refractivity (Wildman–Crippen MR) is 61.3 cm³/mol. The molecular weight excluding hydrogens is 240 g/mol. The summed E-state index contributed by atoms with van der Waals surface area (Å²) < 4.78 is 9.76. The van der Waals surface area contributed by atoms with E-state index >= 15 is 0 Å². The summed E-state index contributed by atoms with van der Waals surface area (Å²) in [7, 11) is 0. The highest BCUT2D eigenvalue weighted by molar-refractivity contribution is 5.85. The van der Waals surface area contributed by atoms with Crippen molar-refractivity contribution in [2.45, 2.75) is 19.9 Å². The summed E-state index contributed by atoms with van der Waals surface area (Å²) in [5, 5.41) is 11.3. The van der Waals surface area contributed by atoms with Crippen LogP contribution in [0.15, 0.2) is 17.1 Å². The summed E-state index contributed by atoms with van der Waals surface area (Å²) in [6, 6.07) is -0.589. The molecule has 2 N–H and O–H groups in total. The van der Waals surface area contributed by atoms with Gasteiger partial charge in [-0.15, -0.1) is 0 Å². The van der Waals surface area contributed by atoms with Crippen molar-refractivity contribution in [2.24, 2.45) is 0 Å². The summed E-state index contributed by atoms with van der Waals surface area (Å²) in [6.45, 7) is 6.61. The fraction of sp³-hybridized carbons (Fsp3) is 0.364. The first-order valence-electron chi connectivity index (χ1n) is 5.20. The van der Waals surface area contributed by atoms with Gasteiger partial charge in [0.1, 0.15) is 12.6 Å². The minimum absolute atomic E-state index is 0.0868. The van der Waals surface area contributed by atoms with Gasteiger partial charge in [-0.2, -0.15) is 0 Å². The minimum atomic E-state index is -1.20. The van der Waals surface area contributed by atoms with Crippen LogP contribution in [0.5, 0.6) is 0 Å². The first-order chi connectivity index (χ1) is 8.45. The first-order valence-corrected chi connectivity index (χ1v) is 5.20. The van der Waals surface area contributed by atoms with Crippen LogP contribution in [0.2, 0.25) is 0 Å². The molecule has 0 saturated heterocycles. The lowest BCUT2D eigenvalue weighted by molar-refractivity contribution is 0.0658. The largest absolute Gasteiger partial charge is 0.475 e. The smallest absolute Gasteiger partial charge is 0.408 e. The molecule has 0 fully saturated rings. The van der Waals surface area contributed by atoms with Gasteiger partial charge in [0, 0.05) is 0 Å². The number of carboxylic acids is 1. The molecule has 7 nitrogen and oxygen atoms in total. The number of nitrogens with zero attached hydrogens (tertiary/aromatic N) is 1. The predicted octanol–water partition coefficient (Wildman–Crippen LogP) is 1.65. The Hall–Kier alpha value is -2.31. The molecule has 1 atom stereocenters. The lowest BCUT2D eigenvalue weighted by Gasteiger charge is -2.09. The van der Waals surface area contributed by atoms with E-state index in [1.54, 1.807) is 6.92 Å². The topological polar surface area (TPSA) is 102 Å². The third-order valence-electron chi connectivity index (χ3n) is 2.04. The Bertz CT molecular complexity index is 466. The van der Waals surface area contributed by atoms with Crippen LogP contribution < -0.4 is 5.32 Å². The maximum absolute atomic E-state index is 11.2. The molecule has 1 heterocycles. The first kappa shape index (κ1) is 13.8. The summed E-state index contributed by atoms with van der Waals surface area (Å²) in [5.41, 5.74) is 0.255. The molecule has 98 valence electrons. The molecule has 0 bridgehead atoms. The number of amides is 1. The Morgan fingerprint density at radius 1 is 1.67 bits per heavy atom. The van der Waals surface area contributed by atoms with E-state index in [1.807, 2.05) is 0 Å². The van der Waals surface area contributed by atoms with Crippen molar-refractivity contribution in [3.05, 3.63) is 30.0 Å². The normalized spacial score (nSPS) is 11.7. The number of ether oxygens (including phenoxy) is 1. The van der Waals surface area contributed by atoms with Gasteiger partial charge in [0.2, 0.25) is 11.7 Å². The van der Waals surface area contributed by atoms with Crippen LogP contribution in [0.3, 0.4) is 0 Å². The van der Waals surface area contributed by atoms with Crippen molar-refractivity contribution in [1.29, 1.82) is 0 Å². The fourth-order valence-electron chi connectivity index (χ4n) is 1.22. The van der Waals surface area contributed by atoms with E-state index in [0.717, 1.165) is 0 Å². The molecule has 0 radical (unpaired) electrons. The lowest BCUT2D eigenvalue weighted by atomic mass is 10.3. The number of aromatic nitrogens is 1. The monoisotopic (exact) mass is 254 g/mol. The molecule has 1 aromatic rings. The van der Waals surface area contributed by atoms with Gasteiger partial charge in [-0.1, -0.05) is 12.7 Å². The van der Waals surface area contributed by atoms with Gasteiger partial charge in [-0.25, -0.2) is 14.6 Å². The molecule has 7 heteroatoms. The molecule has 0 spiro atoms. The molecular formula is C11H14N2O5. The number of carboxylic acid groups (broad SMARTS) is 1. The van der Waals surface area contributed by atoms with Gasteiger partial charge in [-0.3, -0.25) is 0 Å². The van der Waals surface area contributed by atoms with Crippen LogP contribution in [0.4, 0.5) is 4.79 Å². The minimum Gasteiger partial charge on any atom is -0.475 e. The van der Waals surface area contributed by atoms with Crippen LogP contribution in [0.25, 0.3) is 0 Å².